The summed E-state index contributed by atoms with van der Waals surface area (Å²) >= 11 is 3.53. The Kier molecular flexibility index (Phi) is 10.2. The first-order valence-corrected chi connectivity index (χ1v) is 12.9. The zero-order valence-corrected chi connectivity index (χ0v) is 21.0. The molecule has 2 nitrogen and oxygen atoms in total. The Balaban J connectivity index is 0.00000155. The molecule has 3 fully saturated rings. The van der Waals surface area contributed by atoms with Crippen LogP contribution in [-0.2, 0) is 4.74 Å². The SMILES string of the molecule is COC1CCC/C(=C\C=C2/CCCC3(C)C(C/C=C/CC(C)(C)O)CCC23)C1.CS. The first kappa shape index (κ1) is 25.7. The van der Waals surface area contributed by atoms with Gasteiger partial charge in [-0.1, -0.05) is 42.4 Å². The summed E-state index contributed by atoms with van der Waals surface area (Å²) in [5, 5.41) is 9.91. The van der Waals surface area contributed by atoms with Crippen molar-refractivity contribution in [2.24, 2.45) is 17.3 Å². The van der Waals surface area contributed by atoms with Gasteiger partial charge in [0.05, 0.1) is 11.7 Å². The molecule has 3 aliphatic carbocycles. The van der Waals surface area contributed by atoms with Crippen molar-refractivity contribution < 1.29 is 9.84 Å². The molecule has 0 spiro atoms. The van der Waals surface area contributed by atoms with Gasteiger partial charge in [0, 0.05) is 7.11 Å². The van der Waals surface area contributed by atoms with Crippen LogP contribution in [0.2, 0.25) is 0 Å². The minimum atomic E-state index is -0.589. The topological polar surface area (TPSA) is 29.5 Å². The molecule has 0 aliphatic heterocycles. The molecule has 0 aromatic carbocycles. The van der Waals surface area contributed by atoms with E-state index in [0.717, 1.165) is 24.7 Å². The number of ether oxygens (including phenoxy) is 1. The maximum Gasteiger partial charge on any atom is 0.0626 e. The van der Waals surface area contributed by atoms with E-state index < -0.39 is 5.60 Å². The molecule has 0 bridgehead atoms. The summed E-state index contributed by atoms with van der Waals surface area (Å²) in [6, 6.07) is 0. The lowest BCUT2D eigenvalue weighted by atomic mass is 9.63. The lowest BCUT2D eigenvalue weighted by Gasteiger charge is -2.42. The Hall–Kier alpha value is -0.510. The largest absolute Gasteiger partial charge is 0.390 e. The number of fused-ring (bicyclic) bond motifs is 1. The summed E-state index contributed by atoms with van der Waals surface area (Å²) in [7, 11) is 1.85. The number of rotatable bonds is 6. The minimum Gasteiger partial charge on any atom is -0.390 e. The second-order valence-corrected chi connectivity index (χ2v) is 10.4. The maximum atomic E-state index is 9.91. The van der Waals surface area contributed by atoms with Crippen molar-refractivity contribution in [1.29, 1.82) is 0 Å². The van der Waals surface area contributed by atoms with Crippen LogP contribution in [0.15, 0.2) is 35.5 Å². The molecular formula is C27H46O2S. The first-order chi connectivity index (χ1) is 14.3. The monoisotopic (exact) mass is 434 g/mol. The first-order valence-electron chi connectivity index (χ1n) is 12.1. The molecular weight excluding hydrogens is 388 g/mol. The molecule has 4 unspecified atom stereocenters. The van der Waals surface area contributed by atoms with E-state index in [0.29, 0.717) is 11.5 Å². The Morgan fingerprint density at radius 1 is 1.10 bits per heavy atom. The zero-order chi connectivity index (χ0) is 22.2. The van der Waals surface area contributed by atoms with Gasteiger partial charge in [-0.2, -0.15) is 12.6 Å². The predicted octanol–water partition coefficient (Wildman–Crippen LogP) is 7.30. The van der Waals surface area contributed by atoms with Gasteiger partial charge >= 0.3 is 0 Å². The molecule has 3 heteroatoms. The molecule has 1 N–H and O–H groups in total. The summed E-state index contributed by atoms with van der Waals surface area (Å²) in [6.45, 7) is 6.33. The minimum absolute atomic E-state index is 0.432. The van der Waals surface area contributed by atoms with Gasteiger partial charge in [0.1, 0.15) is 0 Å². The standard InChI is InChI=1S/C26H42O2.CH4S/c1-25(2,27)17-6-5-11-22-15-16-24-21(10-8-18-26(22,24)3)14-13-20-9-7-12-23(19-20)28-4;1-2/h5-6,13-14,22-24,27H,7-12,15-19H2,1-4H3;2H,1H3/b6-5+,20-13+,21-14+;. The fourth-order valence-corrected chi connectivity index (χ4v) is 6.00. The average molecular weight is 435 g/mol. The average Bonchev–Trinajstić information content (AvgIpc) is 3.07. The molecule has 0 aromatic heterocycles. The number of aliphatic hydroxyl groups is 1. The molecule has 4 atom stereocenters. The van der Waals surface area contributed by atoms with Gasteiger partial charge in [0.25, 0.3) is 0 Å². The second-order valence-electron chi connectivity index (χ2n) is 10.4. The fourth-order valence-electron chi connectivity index (χ4n) is 6.00. The lowest BCUT2D eigenvalue weighted by Crippen LogP contribution is -2.33. The molecule has 0 radical (unpaired) electrons. The van der Waals surface area contributed by atoms with E-state index in [2.05, 4.69) is 43.9 Å². The van der Waals surface area contributed by atoms with Crippen LogP contribution in [0, 0.1) is 17.3 Å². The third kappa shape index (κ3) is 7.00. The van der Waals surface area contributed by atoms with E-state index in [1.165, 1.54) is 57.8 Å². The summed E-state index contributed by atoms with van der Waals surface area (Å²) in [6.07, 6.45) is 25.1. The van der Waals surface area contributed by atoms with Crippen LogP contribution in [0.4, 0.5) is 0 Å². The third-order valence-corrected chi connectivity index (χ3v) is 7.75. The van der Waals surface area contributed by atoms with Crippen LogP contribution in [0.3, 0.4) is 0 Å². The number of hydrogen-bond acceptors (Lipinski definition) is 3. The normalized spacial score (nSPS) is 34.8. The van der Waals surface area contributed by atoms with Crippen molar-refractivity contribution >= 4 is 12.6 Å². The fraction of sp³-hybridized carbons (Fsp3) is 0.778. The van der Waals surface area contributed by atoms with E-state index in [4.69, 9.17) is 4.74 Å². The van der Waals surface area contributed by atoms with Crippen molar-refractivity contribution in [2.75, 3.05) is 13.4 Å². The lowest BCUT2D eigenvalue weighted by molar-refractivity contribution is 0.0836. The Bertz CT molecular complexity index is 613. The van der Waals surface area contributed by atoms with E-state index >= 15 is 0 Å². The van der Waals surface area contributed by atoms with Gasteiger partial charge in [-0.15, -0.1) is 0 Å². The molecule has 0 heterocycles. The highest BCUT2D eigenvalue weighted by molar-refractivity contribution is 7.79. The molecule has 0 amide bonds. The number of methoxy groups -OCH3 is 1. The third-order valence-electron chi connectivity index (χ3n) is 7.75. The van der Waals surface area contributed by atoms with E-state index in [1.807, 2.05) is 21.0 Å². The molecule has 0 saturated heterocycles. The van der Waals surface area contributed by atoms with Crippen LogP contribution < -0.4 is 0 Å². The van der Waals surface area contributed by atoms with Crippen LogP contribution in [-0.4, -0.2) is 30.2 Å². The quantitative estimate of drug-likeness (QED) is 0.339. The molecule has 3 aliphatic rings. The van der Waals surface area contributed by atoms with Crippen LogP contribution in [0.5, 0.6) is 0 Å². The van der Waals surface area contributed by atoms with E-state index in [9.17, 15) is 5.11 Å². The number of thiol groups is 1. The van der Waals surface area contributed by atoms with Crippen molar-refractivity contribution in [2.45, 2.75) is 103 Å². The summed E-state index contributed by atoms with van der Waals surface area (Å²) in [5.41, 5.74) is 3.17. The predicted molar refractivity (Wildman–Crippen MR) is 133 cm³/mol. The van der Waals surface area contributed by atoms with Gasteiger partial charge in [0.15, 0.2) is 0 Å². The van der Waals surface area contributed by atoms with Gasteiger partial charge in [-0.3, -0.25) is 0 Å². The summed E-state index contributed by atoms with van der Waals surface area (Å²) < 4.78 is 5.60. The number of allylic oxidation sites excluding steroid dienone is 4. The Labute approximate surface area is 191 Å². The van der Waals surface area contributed by atoms with Gasteiger partial charge in [-0.05, 0) is 108 Å². The van der Waals surface area contributed by atoms with Crippen LogP contribution in [0.1, 0.15) is 91.4 Å². The zero-order valence-electron chi connectivity index (χ0n) is 20.1. The van der Waals surface area contributed by atoms with Crippen molar-refractivity contribution in [3.05, 3.63) is 35.5 Å². The summed E-state index contributed by atoms with van der Waals surface area (Å²) in [4.78, 5) is 0. The van der Waals surface area contributed by atoms with E-state index in [-0.39, 0.29) is 0 Å². The smallest absolute Gasteiger partial charge is 0.0626 e. The molecule has 3 rings (SSSR count). The van der Waals surface area contributed by atoms with Crippen molar-refractivity contribution in [3.63, 3.8) is 0 Å². The Morgan fingerprint density at radius 3 is 2.57 bits per heavy atom. The molecule has 3 saturated carbocycles. The van der Waals surface area contributed by atoms with Crippen LogP contribution >= 0.6 is 12.6 Å². The van der Waals surface area contributed by atoms with Gasteiger partial charge < -0.3 is 9.84 Å². The summed E-state index contributed by atoms with van der Waals surface area (Å²) in [5.74, 6) is 1.56. The molecule has 30 heavy (non-hydrogen) atoms. The van der Waals surface area contributed by atoms with Gasteiger partial charge in [0.2, 0.25) is 0 Å². The van der Waals surface area contributed by atoms with E-state index in [1.54, 1.807) is 17.4 Å². The molecule has 0 aromatic rings. The number of hydrogen-bond donors (Lipinski definition) is 2. The van der Waals surface area contributed by atoms with Crippen molar-refractivity contribution in [1.82, 2.24) is 0 Å². The second kappa shape index (κ2) is 11.9. The highest BCUT2D eigenvalue weighted by atomic mass is 32.1. The maximum absolute atomic E-state index is 9.91. The highest BCUT2D eigenvalue weighted by Gasteiger charge is 2.48. The van der Waals surface area contributed by atoms with Crippen LogP contribution in [0.25, 0.3) is 0 Å². The molecule has 172 valence electrons. The van der Waals surface area contributed by atoms with Crippen molar-refractivity contribution in [3.8, 4) is 0 Å². The van der Waals surface area contributed by atoms with Gasteiger partial charge in [-0.25, -0.2) is 0 Å². The Morgan fingerprint density at radius 2 is 1.87 bits per heavy atom. The highest BCUT2D eigenvalue weighted by Crippen LogP contribution is 2.58.